The Morgan fingerprint density at radius 2 is 1.53 bits per heavy atom. The van der Waals surface area contributed by atoms with Crippen LogP contribution < -0.4 is 0 Å². The Hall–Kier alpha value is -3.47. The largest absolute Gasteiger partial charge is 0.481 e. The van der Waals surface area contributed by atoms with Crippen LogP contribution in [0.2, 0.25) is 0 Å². The number of imidazole rings is 1. The fourth-order valence-electron chi connectivity index (χ4n) is 4.83. The number of hydrogen-bond acceptors (Lipinski definition) is 2. The zero-order valence-electron chi connectivity index (χ0n) is 17.7. The van der Waals surface area contributed by atoms with Crippen LogP contribution in [-0.4, -0.2) is 21.0 Å². The van der Waals surface area contributed by atoms with Crippen molar-refractivity contribution in [3.05, 3.63) is 78.1 Å². The van der Waals surface area contributed by atoms with Crippen LogP contribution >= 0.6 is 0 Å². The van der Waals surface area contributed by atoms with Gasteiger partial charge in [0.2, 0.25) is 0 Å². The predicted octanol–water partition coefficient (Wildman–Crippen LogP) is 6.78. The smallest absolute Gasteiger partial charge is 0.303 e. The molecule has 1 aliphatic carbocycles. The van der Waals surface area contributed by atoms with Gasteiger partial charge in [-0.3, -0.25) is 4.79 Å². The Morgan fingerprint density at radius 3 is 2.19 bits per heavy atom. The van der Waals surface area contributed by atoms with Gasteiger partial charge >= 0.3 is 5.97 Å². The van der Waals surface area contributed by atoms with E-state index in [4.69, 9.17) is 5.11 Å². The van der Waals surface area contributed by atoms with Crippen LogP contribution in [0.4, 0.5) is 4.39 Å². The lowest BCUT2D eigenvalue weighted by Crippen LogP contribution is -2.16. The van der Waals surface area contributed by atoms with E-state index in [1.54, 1.807) is 6.07 Å². The summed E-state index contributed by atoms with van der Waals surface area (Å²) >= 11 is 0. The molecule has 4 nitrogen and oxygen atoms in total. The van der Waals surface area contributed by atoms with Crippen molar-refractivity contribution >= 4 is 17.0 Å². The molecule has 4 aromatic rings. The van der Waals surface area contributed by atoms with Crippen LogP contribution in [0.5, 0.6) is 0 Å². The minimum absolute atomic E-state index is 0.278. The van der Waals surface area contributed by atoms with Crippen LogP contribution in [0, 0.1) is 11.7 Å². The van der Waals surface area contributed by atoms with Crippen LogP contribution in [0.25, 0.3) is 33.5 Å². The van der Waals surface area contributed by atoms with Gasteiger partial charge in [0.05, 0.1) is 11.0 Å². The first kappa shape index (κ1) is 20.4. The quantitative estimate of drug-likeness (QED) is 0.368. The second-order valence-corrected chi connectivity index (χ2v) is 8.76. The maximum Gasteiger partial charge on any atom is 0.303 e. The summed E-state index contributed by atoms with van der Waals surface area (Å²) in [7, 11) is 0. The number of carbonyl (C=O) groups is 1. The Labute approximate surface area is 186 Å². The highest BCUT2D eigenvalue weighted by atomic mass is 19.1. The van der Waals surface area contributed by atoms with Crippen molar-refractivity contribution in [1.82, 2.24) is 9.97 Å². The summed E-state index contributed by atoms with van der Waals surface area (Å²) in [5.41, 5.74) is 6.03. The lowest BCUT2D eigenvalue weighted by Gasteiger charge is -2.28. The summed E-state index contributed by atoms with van der Waals surface area (Å²) in [4.78, 5) is 18.7. The predicted molar refractivity (Wildman–Crippen MR) is 124 cm³/mol. The van der Waals surface area contributed by atoms with Gasteiger partial charge in [0.25, 0.3) is 0 Å². The number of nitrogens with one attached hydrogen (secondary N) is 1. The monoisotopic (exact) mass is 428 g/mol. The molecule has 1 heterocycles. The molecule has 1 aromatic heterocycles. The fraction of sp³-hybridized carbons (Fsp3) is 0.259. The summed E-state index contributed by atoms with van der Waals surface area (Å²) in [6, 6.07) is 21.5. The van der Waals surface area contributed by atoms with Gasteiger partial charge in [-0.1, -0.05) is 48.5 Å². The van der Waals surface area contributed by atoms with E-state index in [2.05, 4.69) is 46.4 Å². The third-order valence-electron chi connectivity index (χ3n) is 6.63. The fourth-order valence-corrected chi connectivity index (χ4v) is 4.83. The number of benzene rings is 3. The number of nitrogens with zero attached hydrogens (tertiary/aromatic N) is 1. The van der Waals surface area contributed by atoms with E-state index >= 15 is 0 Å². The highest BCUT2D eigenvalue weighted by Crippen LogP contribution is 2.37. The zero-order chi connectivity index (χ0) is 22.1. The second-order valence-electron chi connectivity index (χ2n) is 8.76. The molecule has 2 N–H and O–H groups in total. The third kappa shape index (κ3) is 4.28. The molecule has 162 valence electrons. The maximum atomic E-state index is 13.4. The summed E-state index contributed by atoms with van der Waals surface area (Å²) in [6.45, 7) is 0. The molecule has 1 aliphatic rings. The molecule has 3 aromatic carbocycles. The Balaban J connectivity index is 1.27. The van der Waals surface area contributed by atoms with E-state index in [9.17, 15) is 9.18 Å². The molecule has 0 radical (unpaired) electrons. The first-order valence-electron chi connectivity index (χ1n) is 11.1. The highest BCUT2D eigenvalue weighted by Gasteiger charge is 2.23. The molecular formula is C27H25FN2O2. The topological polar surface area (TPSA) is 66.0 Å². The van der Waals surface area contributed by atoms with Crippen LogP contribution in [0.3, 0.4) is 0 Å². The van der Waals surface area contributed by atoms with Crippen LogP contribution in [-0.2, 0) is 4.79 Å². The molecule has 0 bridgehead atoms. The number of aromatic nitrogens is 2. The van der Waals surface area contributed by atoms with E-state index in [1.807, 2.05) is 12.1 Å². The van der Waals surface area contributed by atoms with Crippen LogP contribution in [0.1, 0.15) is 43.6 Å². The molecule has 0 amide bonds. The summed E-state index contributed by atoms with van der Waals surface area (Å²) < 4.78 is 13.4. The standard InChI is InChI=1S/C27H25FN2O2/c28-23-13-14-24-25(16-23)30-27(29-24)22-11-9-21(10-12-22)20-7-5-19(6-8-20)18-3-1-17(2-4-18)15-26(31)32/h5-14,16-18H,1-4,15H2,(H,29,30)(H,31,32)/t17-,18-. The Kier molecular flexibility index (Phi) is 5.48. The van der Waals surface area contributed by atoms with Crippen molar-refractivity contribution in [3.63, 3.8) is 0 Å². The van der Waals surface area contributed by atoms with Gasteiger partial charge in [-0.15, -0.1) is 0 Å². The minimum Gasteiger partial charge on any atom is -0.481 e. The molecule has 5 heteroatoms. The van der Waals surface area contributed by atoms with Crippen LogP contribution in [0.15, 0.2) is 66.7 Å². The zero-order valence-corrected chi connectivity index (χ0v) is 17.7. The lowest BCUT2D eigenvalue weighted by atomic mass is 9.77. The normalized spacial score (nSPS) is 18.7. The van der Waals surface area contributed by atoms with Crippen molar-refractivity contribution in [1.29, 1.82) is 0 Å². The number of aromatic amines is 1. The molecule has 0 saturated heterocycles. The second kappa shape index (κ2) is 8.58. The Bertz CT molecular complexity index is 1240. The molecular weight excluding hydrogens is 403 g/mol. The number of hydrogen-bond donors (Lipinski definition) is 2. The number of aliphatic carboxylic acids is 1. The molecule has 0 aliphatic heterocycles. The molecule has 1 fully saturated rings. The van der Waals surface area contributed by atoms with E-state index in [0.29, 0.717) is 23.8 Å². The number of fused-ring (bicyclic) bond motifs is 1. The number of carboxylic acid groups (broad SMARTS) is 1. The average molecular weight is 429 g/mol. The molecule has 1 saturated carbocycles. The molecule has 32 heavy (non-hydrogen) atoms. The van der Waals surface area contributed by atoms with Gasteiger partial charge in [0, 0.05) is 12.0 Å². The van der Waals surface area contributed by atoms with Gasteiger partial charge < -0.3 is 10.1 Å². The average Bonchev–Trinajstić information content (AvgIpc) is 3.23. The van der Waals surface area contributed by atoms with Crippen molar-refractivity contribution in [2.24, 2.45) is 5.92 Å². The summed E-state index contributed by atoms with van der Waals surface area (Å²) in [5, 5.41) is 8.99. The van der Waals surface area contributed by atoms with Gasteiger partial charge in [-0.05, 0) is 72.4 Å². The minimum atomic E-state index is -0.682. The first-order chi connectivity index (χ1) is 15.5. The van der Waals surface area contributed by atoms with Crippen molar-refractivity contribution in [3.8, 4) is 22.5 Å². The van der Waals surface area contributed by atoms with Gasteiger partial charge in [0.1, 0.15) is 11.6 Å². The highest BCUT2D eigenvalue weighted by molar-refractivity contribution is 5.80. The van der Waals surface area contributed by atoms with Gasteiger partial charge in [-0.2, -0.15) is 0 Å². The van der Waals surface area contributed by atoms with E-state index < -0.39 is 5.97 Å². The molecule has 0 unspecified atom stereocenters. The number of halogens is 1. The maximum absolute atomic E-state index is 13.4. The Morgan fingerprint density at radius 1 is 0.906 bits per heavy atom. The lowest BCUT2D eigenvalue weighted by molar-refractivity contribution is -0.138. The third-order valence-corrected chi connectivity index (χ3v) is 6.63. The molecule has 0 atom stereocenters. The van der Waals surface area contributed by atoms with Crippen molar-refractivity contribution < 1.29 is 14.3 Å². The molecule has 0 spiro atoms. The summed E-state index contributed by atoms with van der Waals surface area (Å²) in [6.07, 6.45) is 4.41. The van der Waals surface area contributed by atoms with Gasteiger partial charge in [-0.25, -0.2) is 9.37 Å². The molecule has 5 rings (SSSR count). The summed E-state index contributed by atoms with van der Waals surface area (Å²) in [5.74, 6) is 0.616. The van der Waals surface area contributed by atoms with E-state index in [-0.39, 0.29) is 5.82 Å². The van der Waals surface area contributed by atoms with Crippen molar-refractivity contribution in [2.75, 3.05) is 0 Å². The van der Waals surface area contributed by atoms with Crippen molar-refractivity contribution in [2.45, 2.75) is 38.0 Å². The van der Waals surface area contributed by atoms with Gasteiger partial charge in [0.15, 0.2) is 0 Å². The number of H-pyrrole nitrogens is 1. The SMILES string of the molecule is O=C(O)C[C@H]1CC[C@H](c2ccc(-c3ccc(-c4nc5ccc(F)cc5[nH]4)cc3)cc2)CC1. The first-order valence-corrected chi connectivity index (χ1v) is 11.1. The number of carboxylic acids is 1. The van der Waals surface area contributed by atoms with E-state index in [1.165, 1.54) is 17.7 Å². The number of rotatable bonds is 5. The van der Waals surface area contributed by atoms with E-state index in [0.717, 1.165) is 53.7 Å².